The minimum Gasteiger partial charge on any atom is -0.467 e. The fourth-order valence-electron chi connectivity index (χ4n) is 1.47. The van der Waals surface area contributed by atoms with Gasteiger partial charge >= 0.3 is 0 Å². The Kier molecular flexibility index (Phi) is 2.05. The first-order valence-electron chi connectivity index (χ1n) is 4.16. The highest BCUT2D eigenvalue weighted by atomic mass is 16.3. The van der Waals surface area contributed by atoms with Crippen molar-refractivity contribution in [2.45, 2.75) is 12.1 Å². The summed E-state index contributed by atoms with van der Waals surface area (Å²) in [5.74, 6) is 0.648. The van der Waals surface area contributed by atoms with Crippen molar-refractivity contribution >= 4 is 0 Å². The summed E-state index contributed by atoms with van der Waals surface area (Å²) < 4.78 is 5.13. The first-order valence-corrected chi connectivity index (χ1v) is 4.16. The normalized spacial score (nSPS) is 20.6. The number of hydrogen-bond donors (Lipinski definition) is 1. The predicted molar refractivity (Wildman–Crippen MR) is 44.6 cm³/mol. The standard InChI is InChI=1S/C9H10N2O2/c10-4-8(9-2-1-3-13-9)11-5-7(12)6-11/h1-3,7-8,12H,5-6H2/t8-/m1/s1. The molecule has 2 heterocycles. The zero-order valence-electron chi connectivity index (χ0n) is 7.05. The van der Waals surface area contributed by atoms with Crippen LogP contribution < -0.4 is 0 Å². The van der Waals surface area contributed by atoms with Crippen LogP contribution in [0.3, 0.4) is 0 Å². The van der Waals surface area contributed by atoms with Crippen LogP contribution in [0.5, 0.6) is 0 Å². The van der Waals surface area contributed by atoms with E-state index in [2.05, 4.69) is 6.07 Å². The summed E-state index contributed by atoms with van der Waals surface area (Å²) in [7, 11) is 0. The van der Waals surface area contributed by atoms with Gasteiger partial charge in [0.15, 0.2) is 6.04 Å². The number of aliphatic hydroxyl groups is 1. The molecule has 1 aliphatic rings. The van der Waals surface area contributed by atoms with Gasteiger partial charge < -0.3 is 9.52 Å². The van der Waals surface area contributed by atoms with Crippen LogP contribution in [0, 0.1) is 11.3 Å². The Hall–Kier alpha value is -1.31. The lowest BCUT2D eigenvalue weighted by Crippen LogP contribution is -2.51. The molecule has 1 atom stereocenters. The van der Waals surface area contributed by atoms with Gasteiger partial charge in [-0.15, -0.1) is 0 Å². The molecule has 1 aliphatic heterocycles. The van der Waals surface area contributed by atoms with Crippen molar-refractivity contribution < 1.29 is 9.52 Å². The number of hydrogen-bond acceptors (Lipinski definition) is 4. The molecule has 2 rings (SSSR count). The summed E-state index contributed by atoms with van der Waals surface area (Å²) >= 11 is 0. The topological polar surface area (TPSA) is 60.4 Å². The number of likely N-dealkylation sites (tertiary alicyclic amines) is 1. The predicted octanol–water partition coefficient (Wildman–Crippen LogP) is 0.521. The average Bonchev–Trinajstić information content (AvgIpc) is 2.55. The molecule has 0 unspecified atom stereocenters. The monoisotopic (exact) mass is 178 g/mol. The van der Waals surface area contributed by atoms with Gasteiger partial charge in [0, 0.05) is 13.1 Å². The quantitative estimate of drug-likeness (QED) is 0.717. The molecule has 1 fully saturated rings. The van der Waals surface area contributed by atoms with Crippen LogP contribution in [-0.2, 0) is 0 Å². The molecule has 1 saturated heterocycles. The molecule has 0 amide bonds. The van der Waals surface area contributed by atoms with Crippen molar-refractivity contribution in [3.05, 3.63) is 24.2 Å². The lowest BCUT2D eigenvalue weighted by atomic mass is 10.1. The number of rotatable bonds is 2. The summed E-state index contributed by atoms with van der Waals surface area (Å²) in [6.07, 6.45) is 1.27. The van der Waals surface area contributed by atoms with E-state index in [-0.39, 0.29) is 12.1 Å². The molecule has 0 aromatic carbocycles. The zero-order valence-corrected chi connectivity index (χ0v) is 7.05. The molecule has 0 spiro atoms. The van der Waals surface area contributed by atoms with Crippen LogP contribution >= 0.6 is 0 Å². The minimum absolute atomic E-state index is 0.286. The number of nitriles is 1. The van der Waals surface area contributed by atoms with E-state index >= 15 is 0 Å². The maximum atomic E-state index is 9.08. The summed E-state index contributed by atoms with van der Waals surface area (Å²) in [4.78, 5) is 1.88. The van der Waals surface area contributed by atoms with E-state index < -0.39 is 0 Å². The highest BCUT2D eigenvalue weighted by Crippen LogP contribution is 2.25. The fraction of sp³-hybridized carbons (Fsp3) is 0.444. The second-order valence-electron chi connectivity index (χ2n) is 3.15. The number of aliphatic hydroxyl groups excluding tert-OH is 1. The van der Waals surface area contributed by atoms with Crippen molar-refractivity contribution in [3.8, 4) is 6.07 Å². The van der Waals surface area contributed by atoms with Gasteiger partial charge in [0.05, 0.1) is 18.4 Å². The van der Waals surface area contributed by atoms with Gasteiger partial charge in [0.25, 0.3) is 0 Å². The molecule has 1 aromatic rings. The first-order chi connectivity index (χ1) is 6.31. The van der Waals surface area contributed by atoms with E-state index in [4.69, 9.17) is 14.8 Å². The summed E-state index contributed by atoms with van der Waals surface area (Å²) in [6.45, 7) is 1.11. The Morgan fingerprint density at radius 2 is 2.46 bits per heavy atom. The van der Waals surface area contributed by atoms with E-state index in [0.29, 0.717) is 18.8 Å². The number of β-amino-alcohol motifs (C(OH)–C–C–N with tert-alkyl or cyclic N) is 1. The van der Waals surface area contributed by atoms with Gasteiger partial charge in [-0.25, -0.2) is 0 Å². The highest BCUT2D eigenvalue weighted by Gasteiger charge is 2.33. The summed E-state index contributed by atoms with van der Waals surface area (Å²) in [5.41, 5.74) is 0. The van der Waals surface area contributed by atoms with Crippen molar-refractivity contribution in [1.29, 1.82) is 5.26 Å². The molecule has 4 nitrogen and oxygen atoms in total. The molecule has 0 saturated carbocycles. The van der Waals surface area contributed by atoms with Gasteiger partial charge in [-0.05, 0) is 12.1 Å². The molecule has 0 bridgehead atoms. The Morgan fingerprint density at radius 3 is 2.92 bits per heavy atom. The van der Waals surface area contributed by atoms with Gasteiger partial charge in [-0.3, -0.25) is 4.90 Å². The SMILES string of the molecule is N#C[C@H](c1ccco1)N1CC(O)C1. The Morgan fingerprint density at radius 1 is 1.69 bits per heavy atom. The maximum absolute atomic E-state index is 9.08. The first kappa shape index (κ1) is 8.30. The van der Waals surface area contributed by atoms with E-state index in [1.54, 1.807) is 18.4 Å². The zero-order chi connectivity index (χ0) is 9.26. The third-order valence-electron chi connectivity index (χ3n) is 2.19. The smallest absolute Gasteiger partial charge is 0.157 e. The van der Waals surface area contributed by atoms with E-state index in [9.17, 15) is 0 Å². The van der Waals surface area contributed by atoms with Crippen LogP contribution in [-0.4, -0.2) is 29.2 Å². The van der Waals surface area contributed by atoms with Crippen molar-refractivity contribution in [3.63, 3.8) is 0 Å². The molecule has 68 valence electrons. The molecular weight excluding hydrogens is 168 g/mol. The second kappa shape index (κ2) is 3.21. The Balaban J connectivity index is 2.08. The number of nitrogens with zero attached hydrogens (tertiary/aromatic N) is 2. The molecule has 0 aliphatic carbocycles. The van der Waals surface area contributed by atoms with E-state index in [0.717, 1.165) is 0 Å². The Bertz CT molecular complexity index is 309. The van der Waals surface area contributed by atoms with E-state index in [1.807, 2.05) is 4.90 Å². The lowest BCUT2D eigenvalue weighted by molar-refractivity contribution is -0.0167. The highest BCUT2D eigenvalue weighted by molar-refractivity contribution is 5.14. The third kappa shape index (κ3) is 1.44. The van der Waals surface area contributed by atoms with Crippen LogP contribution in [0.15, 0.2) is 22.8 Å². The second-order valence-corrected chi connectivity index (χ2v) is 3.15. The van der Waals surface area contributed by atoms with Gasteiger partial charge in [-0.2, -0.15) is 5.26 Å². The Labute approximate surface area is 76.0 Å². The maximum Gasteiger partial charge on any atom is 0.157 e. The van der Waals surface area contributed by atoms with Gasteiger partial charge in [0.1, 0.15) is 5.76 Å². The summed E-state index contributed by atoms with van der Waals surface area (Å²) in [6, 6.07) is 5.34. The van der Waals surface area contributed by atoms with Crippen molar-refractivity contribution in [2.24, 2.45) is 0 Å². The molecule has 1 aromatic heterocycles. The molecular formula is C9H10N2O2. The molecule has 1 N–H and O–H groups in total. The van der Waals surface area contributed by atoms with Crippen LogP contribution in [0.1, 0.15) is 11.8 Å². The minimum atomic E-state index is -0.349. The lowest BCUT2D eigenvalue weighted by Gasteiger charge is -2.37. The van der Waals surface area contributed by atoms with Crippen LogP contribution in [0.2, 0.25) is 0 Å². The largest absolute Gasteiger partial charge is 0.467 e. The molecule has 13 heavy (non-hydrogen) atoms. The van der Waals surface area contributed by atoms with Crippen molar-refractivity contribution in [2.75, 3.05) is 13.1 Å². The van der Waals surface area contributed by atoms with Crippen LogP contribution in [0.25, 0.3) is 0 Å². The van der Waals surface area contributed by atoms with Crippen molar-refractivity contribution in [1.82, 2.24) is 4.90 Å². The number of furan rings is 1. The fourth-order valence-corrected chi connectivity index (χ4v) is 1.47. The molecule has 0 radical (unpaired) electrons. The van der Waals surface area contributed by atoms with Gasteiger partial charge in [-0.1, -0.05) is 0 Å². The molecule has 4 heteroatoms. The average molecular weight is 178 g/mol. The van der Waals surface area contributed by atoms with E-state index in [1.165, 1.54) is 0 Å². The third-order valence-corrected chi connectivity index (χ3v) is 2.19. The summed E-state index contributed by atoms with van der Waals surface area (Å²) in [5, 5.41) is 18.0. The van der Waals surface area contributed by atoms with Crippen LogP contribution in [0.4, 0.5) is 0 Å². The van der Waals surface area contributed by atoms with Gasteiger partial charge in [0.2, 0.25) is 0 Å².